The highest BCUT2D eigenvalue weighted by molar-refractivity contribution is 6.07. The number of rotatable bonds is 5. The SMILES string of the molecule is COc1cc(/C=C/C(=O)c2ccc(N3CCOCC3)cc2)ccc1O. The molecule has 0 unspecified atom stereocenters. The molecule has 0 bridgehead atoms. The van der Waals surface area contributed by atoms with Gasteiger partial charge in [-0.3, -0.25) is 4.79 Å². The highest BCUT2D eigenvalue weighted by Gasteiger charge is 2.11. The number of anilines is 1. The molecule has 3 rings (SSSR count). The van der Waals surface area contributed by atoms with Gasteiger partial charge in [-0.15, -0.1) is 0 Å². The maximum Gasteiger partial charge on any atom is 0.185 e. The molecule has 0 aliphatic carbocycles. The molecule has 1 aliphatic rings. The number of methoxy groups -OCH3 is 1. The maximum absolute atomic E-state index is 12.3. The zero-order valence-corrected chi connectivity index (χ0v) is 14.1. The minimum atomic E-state index is -0.0689. The van der Waals surface area contributed by atoms with Crippen molar-refractivity contribution in [3.8, 4) is 11.5 Å². The third-order valence-corrected chi connectivity index (χ3v) is 4.16. The van der Waals surface area contributed by atoms with E-state index in [0.717, 1.165) is 37.6 Å². The van der Waals surface area contributed by atoms with Gasteiger partial charge < -0.3 is 19.5 Å². The smallest absolute Gasteiger partial charge is 0.185 e. The summed E-state index contributed by atoms with van der Waals surface area (Å²) >= 11 is 0. The van der Waals surface area contributed by atoms with Crippen LogP contribution in [0.3, 0.4) is 0 Å². The predicted molar refractivity (Wildman–Crippen MR) is 97.5 cm³/mol. The minimum absolute atomic E-state index is 0.0689. The van der Waals surface area contributed by atoms with Crippen LogP contribution in [0.2, 0.25) is 0 Å². The Labute approximate surface area is 147 Å². The predicted octanol–water partition coefficient (Wildman–Crippen LogP) is 3.13. The second kappa shape index (κ2) is 7.85. The first-order valence-corrected chi connectivity index (χ1v) is 8.19. The molecule has 0 radical (unpaired) electrons. The number of allylic oxidation sites excluding steroid dienone is 1. The summed E-state index contributed by atoms with van der Waals surface area (Å²) in [6, 6.07) is 12.6. The normalized spacial score (nSPS) is 14.7. The molecule has 0 aromatic heterocycles. The van der Waals surface area contributed by atoms with E-state index >= 15 is 0 Å². The number of phenolic OH excluding ortho intramolecular Hbond substituents is 1. The van der Waals surface area contributed by atoms with E-state index in [2.05, 4.69) is 4.90 Å². The number of benzene rings is 2. The number of carbonyl (C=O) groups excluding carboxylic acids is 1. The van der Waals surface area contributed by atoms with E-state index in [4.69, 9.17) is 9.47 Å². The number of aromatic hydroxyl groups is 1. The van der Waals surface area contributed by atoms with Gasteiger partial charge >= 0.3 is 0 Å². The van der Waals surface area contributed by atoms with Gasteiger partial charge in [-0.25, -0.2) is 0 Å². The second-order valence-corrected chi connectivity index (χ2v) is 5.78. The van der Waals surface area contributed by atoms with E-state index in [-0.39, 0.29) is 11.5 Å². The first kappa shape index (κ1) is 17.0. The van der Waals surface area contributed by atoms with Crippen LogP contribution in [0.25, 0.3) is 6.08 Å². The summed E-state index contributed by atoms with van der Waals surface area (Å²) in [7, 11) is 1.49. The van der Waals surface area contributed by atoms with Gasteiger partial charge in [-0.2, -0.15) is 0 Å². The second-order valence-electron chi connectivity index (χ2n) is 5.78. The molecule has 0 saturated carbocycles. The summed E-state index contributed by atoms with van der Waals surface area (Å²) in [5.41, 5.74) is 2.53. The Morgan fingerprint density at radius 3 is 2.56 bits per heavy atom. The molecule has 0 amide bonds. The summed E-state index contributed by atoms with van der Waals surface area (Å²) in [4.78, 5) is 14.6. The number of morpholine rings is 1. The average Bonchev–Trinajstić information content (AvgIpc) is 2.68. The number of ketones is 1. The Morgan fingerprint density at radius 2 is 1.88 bits per heavy atom. The van der Waals surface area contributed by atoms with Gasteiger partial charge in [0.2, 0.25) is 0 Å². The molecule has 130 valence electrons. The van der Waals surface area contributed by atoms with Crippen LogP contribution < -0.4 is 9.64 Å². The molecule has 25 heavy (non-hydrogen) atoms. The highest BCUT2D eigenvalue weighted by atomic mass is 16.5. The molecule has 1 saturated heterocycles. The van der Waals surface area contributed by atoms with Crippen molar-refractivity contribution < 1.29 is 19.4 Å². The van der Waals surface area contributed by atoms with Gasteiger partial charge in [0.05, 0.1) is 20.3 Å². The third kappa shape index (κ3) is 4.19. The van der Waals surface area contributed by atoms with E-state index < -0.39 is 0 Å². The number of nitrogens with zero attached hydrogens (tertiary/aromatic N) is 1. The van der Waals surface area contributed by atoms with Crippen molar-refractivity contribution in [1.82, 2.24) is 0 Å². The molecule has 2 aromatic carbocycles. The monoisotopic (exact) mass is 339 g/mol. The Bertz CT molecular complexity index is 762. The zero-order valence-electron chi connectivity index (χ0n) is 14.1. The van der Waals surface area contributed by atoms with E-state index in [1.165, 1.54) is 13.2 Å². The summed E-state index contributed by atoms with van der Waals surface area (Å²) in [5, 5.41) is 9.60. The van der Waals surface area contributed by atoms with Crippen LogP contribution in [0.5, 0.6) is 11.5 Å². The molecule has 0 atom stereocenters. The van der Waals surface area contributed by atoms with Crippen LogP contribution in [-0.2, 0) is 4.74 Å². The van der Waals surface area contributed by atoms with Crippen molar-refractivity contribution in [2.75, 3.05) is 38.3 Å². The average molecular weight is 339 g/mol. The number of hydrogen-bond acceptors (Lipinski definition) is 5. The van der Waals surface area contributed by atoms with Crippen molar-refractivity contribution in [2.24, 2.45) is 0 Å². The van der Waals surface area contributed by atoms with Gasteiger partial charge in [-0.05, 0) is 48.0 Å². The van der Waals surface area contributed by atoms with Crippen LogP contribution in [-0.4, -0.2) is 44.3 Å². The molecule has 5 heteroatoms. The van der Waals surface area contributed by atoms with Gasteiger partial charge in [0.1, 0.15) is 0 Å². The van der Waals surface area contributed by atoms with E-state index in [1.807, 2.05) is 24.3 Å². The molecular formula is C20H21NO4. The van der Waals surface area contributed by atoms with E-state index in [0.29, 0.717) is 11.3 Å². The van der Waals surface area contributed by atoms with Crippen molar-refractivity contribution in [1.29, 1.82) is 0 Å². The molecular weight excluding hydrogens is 318 g/mol. The van der Waals surface area contributed by atoms with Crippen LogP contribution in [0.1, 0.15) is 15.9 Å². The topological polar surface area (TPSA) is 59.0 Å². The summed E-state index contributed by atoms with van der Waals surface area (Å²) < 4.78 is 10.4. The van der Waals surface area contributed by atoms with Crippen LogP contribution in [0.4, 0.5) is 5.69 Å². The molecule has 1 aliphatic heterocycles. The number of hydrogen-bond donors (Lipinski definition) is 1. The highest BCUT2D eigenvalue weighted by Crippen LogP contribution is 2.26. The fraction of sp³-hybridized carbons (Fsp3) is 0.250. The van der Waals surface area contributed by atoms with Gasteiger partial charge in [0.15, 0.2) is 17.3 Å². The van der Waals surface area contributed by atoms with Gasteiger partial charge in [-0.1, -0.05) is 12.1 Å². The first-order chi connectivity index (χ1) is 12.2. The van der Waals surface area contributed by atoms with Crippen molar-refractivity contribution in [2.45, 2.75) is 0 Å². The van der Waals surface area contributed by atoms with Crippen molar-refractivity contribution in [3.63, 3.8) is 0 Å². The quantitative estimate of drug-likeness (QED) is 0.670. The lowest BCUT2D eigenvalue weighted by atomic mass is 10.1. The maximum atomic E-state index is 12.3. The molecule has 5 nitrogen and oxygen atoms in total. The molecule has 2 aromatic rings. The Balaban J connectivity index is 1.68. The standard InChI is InChI=1S/C20H21NO4/c1-24-20-14-15(3-9-19(20)23)2-8-18(22)16-4-6-17(7-5-16)21-10-12-25-13-11-21/h2-9,14,23H,10-13H2,1H3/b8-2+. The summed E-state index contributed by atoms with van der Waals surface area (Å²) in [6.07, 6.45) is 3.23. The number of ether oxygens (including phenoxy) is 2. The van der Waals surface area contributed by atoms with Crippen molar-refractivity contribution in [3.05, 3.63) is 59.7 Å². The number of carbonyl (C=O) groups is 1. The van der Waals surface area contributed by atoms with Crippen molar-refractivity contribution >= 4 is 17.5 Å². The molecule has 1 N–H and O–H groups in total. The first-order valence-electron chi connectivity index (χ1n) is 8.19. The van der Waals surface area contributed by atoms with Crippen LogP contribution in [0.15, 0.2) is 48.5 Å². The zero-order chi connectivity index (χ0) is 17.6. The fourth-order valence-electron chi connectivity index (χ4n) is 2.72. The molecule has 1 heterocycles. The van der Waals surface area contributed by atoms with E-state index in [1.54, 1.807) is 24.3 Å². The largest absolute Gasteiger partial charge is 0.504 e. The third-order valence-electron chi connectivity index (χ3n) is 4.16. The number of phenols is 1. The fourth-order valence-corrected chi connectivity index (χ4v) is 2.72. The summed E-state index contributed by atoms with van der Waals surface area (Å²) in [5.74, 6) is 0.384. The Hall–Kier alpha value is -2.79. The van der Waals surface area contributed by atoms with Crippen LogP contribution in [0, 0.1) is 0 Å². The van der Waals surface area contributed by atoms with Crippen LogP contribution >= 0.6 is 0 Å². The van der Waals surface area contributed by atoms with E-state index in [9.17, 15) is 9.90 Å². The minimum Gasteiger partial charge on any atom is -0.504 e. The molecule has 1 fully saturated rings. The lowest BCUT2D eigenvalue weighted by Gasteiger charge is -2.28. The van der Waals surface area contributed by atoms with Gasteiger partial charge in [0.25, 0.3) is 0 Å². The molecule has 0 spiro atoms. The lowest BCUT2D eigenvalue weighted by molar-refractivity contribution is 0.104. The lowest BCUT2D eigenvalue weighted by Crippen LogP contribution is -2.36. The summed E-state index contributed by atoms with van der Waals surface area (Å²) in [6.45, 7) is 3.21. The Kier molecular flexibility index (Phi) is 5.36. The Morgan fingerprint density at radius 1 is 1.16 bits per heavy atom. The van der Waals surface area contributed by atoms with Gasteiger partial charge in [0, 0.05) is 24.3 Å².